The van der Waals surface area contributed by atoms with Crippen molar-refractivity contribution in [3.63, 3.8) is 0 Å². The molecule has 3 amide bonds. The molecule has 290 valence electrons. The molecule has 15 heteroatoms. The number of nitrogens with one attached hydrogen (secondary N) is 4. The molecule has 0 fully saturated rings. The summed E-state index contributed by atoms with van der Waals surface area (Å²) in [6.07, 6.45) is -1.75. The summed E-state index contributed by atoms with van der Waals surface area (Å²) in [5, 5.41) is 40.0. The molecule has 0 aliphatic rings. The van der Waals surface area contributed by atoms with Crippen molar-refractivity contribution in [3.05, 3.63) is 125 Å². The number of carboxylic acids is 2. The van der Waals surface area contributed by atoms with E-state index in [4.69, 9.17) is 14.2 Å². The van der Waals surface area contributed by atoms with Crippen LogP contribution >= 0.6 is 0 Å². The SMILES string of the molecule is COc1ccc(C(NC(=O)C[C@H](NC(=O)OCc2ccccc2)C(=O)N[C@H](C(=O)O)[C@@H](C)N[C@@H](Cc2ccc(O)cc2)C(=O)O)c2ccc(OC)cc2)cc1. The van der Waals surface area contributed by atoms with Gasteiger partial charge in [-0.15, -0.1) is 0 Å². The van der Waals surface area contributed by atoms with E-state index in [9.17, 15) is 39.3 Å². The highest BCUT2D eigenvalue weighted by molar-refractivity contribution is 5.93. The van der Waals surface area contributed by atoms with Crippen LogP contribution in [0.3, 0.4) is 0 Å². The Balaban J connectivity index is 1.55. The molecule has 4 aromatic rings. The fraction of sp³-hybridized carbons (Fsp3) is 0.275. The Hall–Kier alpha value is -6.61. The van der Waals surface area contributed by atoms with Crippen LogP contribution in [0.1, 0.15) is 41.6 Å². The molecule has 55 heavy (non-hydrogen) atoms. The Bertz CT molecular complexity index is 1840. The van der Waals surface area contributed by atoms with E-state index in [2.05, 4.69) is 21.3 Å². The molecule has 0 heterocycles. The summed E-state index contributed by atoms with van der Waals surface area (Å²) in [5.74, 6) is -3.34. The molecule has 0 spiro atoms. The van der Waals surface area contributed by atoms with Crippen molar-refractivity contribution in [1.82, 2.24) is 21.3 Å². The average Bonchev–Trinajstić information content (AvgIpc) is 3.18. The Morgan fingerprint density at radius 2 is 1.22 bits per heavy atom. The topological polar surface area (TPSA) is 222 Å². The van der Waals surface area contributed by atoms with Crippen molar-refractivity contribution in [2.45, 2.75) is 56.6 Å². The van der Waals surface area contributed by atoms with E-state index < -0.39 is 66.5 Å². The monoisotopic (exact) mass is 756 g/mol. The van der Waals surface area contributed by atoms with Crippen molar-refractivity contribution < 1.29 is 53.5 Å². The zero-order valence-corrected chi connectivity index (χ0v) is 30.4. The molecular formula is C40H44N4O11. The van der Waals surface area contributed by atoms with Gasteiger partial charge in [-0.3, -0.25) is 19.7 Å². The van der Waals surface area contributed by atoms with Crippen LogP contribution in [0.5, 0.6) is 17.2 Å². The predicted molar refractivity (Wildman–Crippen MR) is 200 cm³/mol. The van der Waals surface area contributed by atoms with Gasteiger partial charge in [0.2, 0.25) is 11.8 Å². The number of methoxy groups -OCH3 is 2. The number of hydrogen-bond donors (Lipinski definition) is 7. The van der Waals surface area contributed by atoms with E-state index in [1.54, 1.807) is 78.9 Å². The first-order valence-corrected chi connectivity index (χ1v) is 17.2. The zero-order chi connectivity index (χ0) is 39.9. The fourth-order valence-corrected chi connectivity index (χ4v) is 5.63. The standard InChI is InChI=1S/C40H44N4O11/c1-24(41-33(38(48)49)21-25-9-15-29(45)16-10-25)35(39(50)51)44-37(47)32(42-40(52)55-23-26-7-5-4-6-8-26)22-34(46)43-36(27-11-17-30(53-2)18-12-27)28-13-19-31(54-3)20-14-28/h4-20,24,32-33,35-36,41,45H,21-23H2,1-3H3,(H,42,52)(H,43,46)(H,44,47)(H,48,49)(H,50,51)/t24-,32+,33+,35+/m1/s1. The Morgan fingerprint density at radius 1 is 0.655 bits per heavy atom. The summed E-state index contributed by atoms with van der Waals surface area (Å²) in [4.78, 5) is 65.1. The van der Waals surface area contributed by atoms with E-state index in [0.717, 1.165) is 0 Å². The molecule has 0 saturated carbocycles. The molecule has 4 atom stereocenters. The number of amides is 3. The van der Waals surface area contributed by atoms with Gasteiger partial charge in [0.15, 0.2) is 0 Å². The van der Waals surface area contributed by atoms with Crippen LogP contribution < -0.4 is 30.7 Å². The van der Waals surface area contributed by atoms with E-state index in [1.165, 1.54) is 45.4 Å². The molecule has 4 rings (SSSR count). The number of carboxylic acid groups (broad SMARTS) is 2. The molecule has 0 aromatic heterocycles. The maximum atomic E-state index is 13.8. The number of aromatic hydroxyl groups is 1. The van der Waals surface area contributed by atoms with Gasteiger partial charge < -0.3 is 45.5 Å². The Labute approximate surface area is 317 Å². The first-order valence-electron chi connectivity index (χ1n) is 17.2. The number of ether oxygens (including phenoxy) is 3. The number of alkyl carbamates (subject to hydrolysis) is 1. The number of phenols is 1. The van der Waals surface area contributed by atoms with Crippen molar-refractivity contribution >= 4 is 29.8 Å². The molecular weight excluding hydrogens is 712 g/mol. The minimum atomic E-state index is -1.70. The quantitative estimate of drug-likeness (QED) is 0.0731. The summed E-state index contributed by atoms with van der Waals surface area (Å²) >= 11 is 0. The number of phenolic OH excluding ortho intramolecular Hbond substituents is 1. The molecule has 0 aliphatic heterocycles. The second kappa shape index (κ2) is 20.0. The molecule has 0 radical (unpaired) electrons. The molecule has 0 aliphatic carbocycles. The van der Waals surface area contributed by atoms with Gasteiger partial charge in [0.05, 0.1) is 26.7 Å². The molecule has 0 unspecified atom stereocenters. The van der Waals surface area contributed by atoms with Crippen LogP contribution in [0.2, 0.25) is 0 Å². The van der Waals surface area contributed by atoms with Crippen molar-refractivity contribution in [2.75, 3.05) is 14.2 Å². The minimum absolute atomic E-state index is 0.0108. The van der Waals surface area contributed by atoms with Gasteiger partial charge in [-0.1, -0.05) is 66.7 Å². The molecule has 0 saturated heterocycles. The van der Waals surface area contributed by atoms with Crippen LogP contribution in [0.4, 0.5) is 4.79 Å². The van der Waals surface area contributed by atoms with Gasteiger partial charge >= 0.3 is 18.0 Å². The first kappa shape index (κ1) is 41.2. The van der Waals surface area contributed by atoms with Crippen LogP contribution in [-0.4, -0.2) is 83.6 Å². The van der Waals surface area contributed by atoms with Crippen LogP contribution in [0.25, 0.3) is 0 Å². The van der Waals surface area contributed by atoms with Gasteiger partial charge in [0, 0.05) is 6.04 Å². The van der Waals surface area contributed by atoms with E-state index in [1.807, 2.05) is 0 Å². The van der Waals surface area contributed by atoms with Gasteiger partial charge in [-0.05, 0) is 72.0 Å². The maximum Gasteiger partial charge on any atom is 0.408 e. The lowest BCUT2D eigenvalue weighted by molar-refractivity contribution is -0.144. The second-order valence-corrected chi connectivity index (χ2v) is 12.6. The number of rotatable bonds is 19. The normalized spacial score (nSPS) is 13.0. The zero-order valence-electron chi connectivity index (χ0n) is 30.4. The number of hydrogen-bond acceptors (Lipinski definition) is 10. The number of aliphatic carboxylic acids is 2. The van der Waals surface area contributed by atoms with Crippen molar-refractivity contribution in [1.29, 1.82) is 0 Å². The van der Waals surface area contributed by atoms with Crippen molar-refractivity contribution in [2.24, 2.45) is 0 Å². The first-order chi connectivity index (χ1) is 26.4. The maximum absolute atomic E-state index is 13.8. The fourth-order valence-electron chi connectivity index (χ4n) is 5.63. The van der Waals surface area contributed by atoms with Crippen LogP contribution in [-0.2, 0) is 36.9 Å². The van der Waals surface area contributed by atoms with Crippen LogP contribution in [0, 0.1) is 0 Å². The summed E-state index contributed by atoms with van der Waals surface area (Å²) in [5.41, 5.74) is 2.54. The third kappa shape index (κ3) is 12.5. The van der Waals surface area contributed by atoms with Gasteiger partial charge in [0.25, 0.3) is 0 Å². The average molecular weight is 757 g/mol. The lowest BCUT2D eigenvalue weighted by Crippen LogP contribution is -2.60. The highest BCUT2D eigenvalue weighted by atomic mass is 16.5. The Kier molecular flexibility index (Phi) is 15.0. The third-order valence-corrected chi connectivity index (χ3v) is 8.62. The number of benzene rings is 4. The van der Waals surface area contributed by atoms with E-state index >= 15 is 0 Å². The van der Waals surface area contributed by atoms with Gasteiger partial charge in [-0.2, -0.15) is 0 Å². The summed E-state index contributed by atoms with van der Waals surface area (Å²) in [7, 11) is 3.05. The molecule has 15 nitrogen and oxygen atoms in total. The van der Waals surface area contributed by atoms with Crippen LogP contribution in [0.15, 0.2) is 103 Å². The predicted octanol–water partition coefficient (Wildman–Crippen LogP) is 3.54. The summed E-state index contributed by atoms with van der Waals surface area (Å²) in [6, 6.07) is 22.0. The third-order valence-electron chi connectivity index (χ3n) is 8.62. The Morgan fingerprint density at radius 3 is 1.73 bits per heavy atom. The smallest absolute Gasteiger partial charge is 0.408 e. The number of carbonyl (C=O) groups excluding carboxylic acids is 3. The summed E-state index contributed by atoms with van der Waals surface area (Å²) in [6.45, 7) is 1.23. The lowest BCUT2D eigenvalue weighted by atomic mass is 9.98. The number of carbonyl (C=O) groups is 5. The van der Waals surface area contributed by atoms with E-state index in [0.29, 0.717) is 33.8 Å². The highest BCUT2D eigenvalue weighted by Gasteiger charge is 2.34. The van der Waals surface area contributed by atoms with Crippen molar-refractivity contribution in [3.8, 4) is 17.2 Å². The van der Waals surface area contributed by atoms with E-state index in [-0.39, 0.29) is 18.8 Å². The summed E-state index contributed by atoms with van der Waals surface area (Å²) < 4.78 is 15.9. The largest absolute Gasteiger partial charge is 0.508 e. The lowest BCUT2D eigenvalue weighted by Gasteiger charge is -2.28. The molecule has 7 N–H and O–H groups in total. The molecule has 4 aromatic carbocycles. The highest BCUT2D eigenvalue weighted by Crippen LogP contribution is 2.26. The minimum Gasteiger partial charge on any atom is -0.508 e. The molecule has 0 bridgehead atoms. The van der Waals surface area contributed by atoms with Gasteiger partial charge in [-0.25, -0.2) is 9.59 Å². The van der Waals surface area contributed by atoms with Gasteiger partial charge in [0.1, 0.15) is 42.0 Å². The second-order valence-electron chi connectivity index (χ2n) is 12.6.